The second-order valence-corrected chi connectivity index (χ2v) is 8.82. The summed E-state index contributed by atoms with van der Waals surface area (Å²) in [4.78, 5) is 31.5. The minimum absolute atomic E-state index is 0.113. The lowest BCUT2D eigenvalue weighted by atomic mass is 9.95. The summed E-state index contributed by atoms with van der Waals surface area (Å²) in [5.74, 6) is -0.565. The molecule has 2 aromatic carbocycles. The monoisotopic (exact) mass is 500 g/mol. The summed E-state index contributed by atoms with van der Waals surface area (Å²) < 4.78 is 27.2. The maximum atomic E-state index is 14.4. The Morgan fingerprint density at radius 2 is 1.97 bits per heavy atom. The number of rotatable bonds is 6. The molecule has 34 heavy (non-hydrogen) atoms. The molecule has 0 fully saturated rings. The molecule has 3 aromatic rings. The summed E-state index contributed by atoms with van der Waals surface area (Å²) >= 11 is 7.27. The number of nitrogens with zero attached hydrogens (tertiary/aromatic N) is 2. The van der Waals surface area contributed by atoms with Gasteiger partial charge in [0.1, 0.15) is 17.6 Å². The van der Waals surface area contributed by atoms with Gasteiger partial charge in [-0.1, -0.05) is 47.2 Å². The predicted octanol–water partition coefficient (Wildman–Crippen LogP) is 3.99. The smallest absolute Gasteiger partial charge is 0.338 e. The van der Waals surface area contributed by atoms with Gasteiger partial charge >= 0.3 is 5.97 Å². The van der Waals surface area contributed by atoms with Crippen LogP contribution in [0.5, 0.6) is 5.75 Å². The van der Waals surface area contributed by atoms with E-state index in [1.165, 1.54) is 22.8 Å². The number of fused-ring (bicyclic) bond motifs is 1. The maximum absolute atomic E-state index is 14.4. The summed E-state index contributed by atoms with van der Waals surface area (Å²) in [7, 11) is 0. The molecule has 1 aliphatic heterocycles. The van der Waals surface area contributed by atoms with Gasteiger partial charge < -0.3 is 9.47 Å². The summed E-state index contributed by atoms with van der Waals surface area (Å²) in [6, 6.07) is 10.7. The lowest BCUT2D eigenvalue weighted by molar-refractivity contribution is -0.139. The Labute approximate surface area is 204 Å². The average molecular weight is 501 g/mol. The van der Waals surface area contributed by atoms with Crippen molar-refractivity contribution in [3.63, 3.8) is 0 Å². The van der Waals surface area contributed by atoms with Crippen LogP contribution in [0.2, 0.25) is 5.02 Å². The van der Waals surface area contributed by atoms with Crippen molar-refractivity contribution in [3.8, 4) is 5.75 Å². The van der Waals surface area contributed by atoms with Gasteiger partial charge in [-0.2, -0.15) is 0 Å². The van der Waals surface area contributed by atoms with Crippen LogP contribution < -0.4 is 19.6 Å². The van der Waals surface area contributed by atoms with Crippen molar-refractivity contribution in [1.29, 1.82) is 0 Å². The van der Waals surface area contributed by atoms with Gasteiger partial charge in [0.2, 0.25) is 0 Å². The number of carbonyl (C=O) groups excluding carboxylic acids is 1. The Morgan fingerprint density at radius 3 is 2.68 bits per heavy atom. The van der Waals surface area contributed by atoms with Crippen molar-refractivity contribution in [2.45, 2.75) is 26.8 Å². The predicted molar refractivity (Wildman–Crippen MR) is 129 cm³/mol. The molecular formula is C25H22ClFN2O4S. The lowest BCUT2D eigenvalue weighted by Crippen LogP contribution is -2.40. The quantitative estimate of drug-likeness (QED) is 0.480. The van der Waals surface area contributed by atoms with Crippen molar-refractivity contribution < 1.29 is 18.7 Å². The fraction of sp³-hybridized carbons (Fsp3) is 0.240. The Morgan fingerprint density at radius 1 is 1.21 bits per heavy atom. The zero-order valence-corrected chi connectivity index (χ0v) is 20.4. The minimum Gasteiger partial charge on any atom is -0.494 e. The van der Waals surface area contributed by atoms with Gasteiger partial charge in [-0.3, -0.25) is 9.36 Å². The van der Waals surface area contributed by atoms with Gasteiger partial charge in [-0.05, 0) is 45.0 Å². The van der Waals surface area contributed by atoms with Crippen molar-refractivity contribution in [2.24, 2.45) is 4.99 Å². The molecule has 1 atom stereocenters. The molecule has 6 nitrogen and oxygen atoms in total. The number of hydrogen-bond donors (Lipinski definition) is 0. The molecule has 0 N–H and O–H groups in total. The highest BCUT2D eigenvalue weighted by atomic mass is 35.5. The average Bonchev–Trinajstić information content (AvgIpc) is 3.11. The normalized spacial score (nSPS) is 15.7. The van der Waals surface area contributed by atoms with E-state index in [9.17, 15) is 14.0 Å². The van der Waals surface area contributed by atoms with Crippen LogP contribution in [0.15, 0.2) is 63.5 Å². The van der Waals surface area contributed by atoms with Crippen LogP contribution in [0.3, 0.4) is 0 Å². The van der Waals surface area contributed by atoms with Crippen LogP contribution in [0.4, 0.5) is 4.39 Å². The first kappa shape index (κ1) is 23.9. The molecule has 1 aliphatic rings. The number of benzene rings is 2. The number of esters is 1. The summed E-state index contributed by atoms with van der Waals surface area (Å²) in [6.07, 6.45) is 1.41. The van der Waals surface area contributed by atoms with Gasteiger partial charge in [0.05, 0.1) is 34.0 Å². The van der Waals surface area contributed by atoms with Crippen LogP contribution in [0.1, 0.15) is 37.9 Å². The second kappa shape index (κ2) is 9.95. The summed E-state index contributed by atoms with van der Waals surface area (Å²) in [5.41, 5.74) is 0.998. The van der Waals surface area contributed by atoms with Crippen LogP contribution in [0.25, 0.3) is 6.08 Å². The molecule has 2 heterocycles. The molecule has 0 radical (unpaired) electrons. The van der Waals surface area contributed by atoms with Gasteiger partial charge in [-0.15, -0.1) is 0 Å². The molecule has 0 amide bonds. The molecule has 0 bridgehead atoms. The van der Waals surface area contributed by atoms with Gasteiger partial charge in [0.25, 0.3) is 5.56 Å². The topological polar surface area (TPSA) is 69.9 Å². The number of halogens is 2. The number of hydrogen-bond acceptors (Lipinski definition) is 6. The molecule has 0 saturated carbocycles. The van der Waals surface area contributed by atoms with E-state index in [4.69, 9.17) is 21.1 Å². The van der Waals surface area contributed by atoms with E-state index < -0.39 is 23.4 Å². The first-order chi connectivity index (χ1) is 16.4. The first-order valence-electron chi connectivity index (χ1n) is 10.7. The van der Waals surface area contributed by atoms with Crippen LogP contribution in [-0.4, -0.2) is 23.8 Å². The third-order valence-corrected chi connectivity index (χ3v) is 6.62. The van der Waals surface area contributed by atoms with Gasteiger partial charge in [0.15, 0.2) is 4.80 Å². The zero-order chi connectivity index (χ0) is 24.4. The highest BCUT2D eigenvalue weighted by molar-refractivity contribution is 7.07. The molecule has 1 aromatic heterocycles. The van der Waals surface area contributed by atoms with Crippen LogP contribution in [0, 0.1) is 5.82 Å². The SMILES string of the molecule is CCOC(=O)C1=C(C)N=c2s/c(=C\c3c(F)cccc3Cl)c(=O)n2[C@@H]1c1ccccc1OCC. The van der Waals surface area contributed by atoms with E-state index in [-0.39, 0.29) is 27.3 Å². The summed E-state index contributed by atoms with van der Waals surface area (Å²) in [5, 5.41) is 0.187. The number of para-hydroxylation sites is 1. The van der Waals surface area contributed by atoms with E-state index in [2.05, 4.69) is 4.99 Å². The molecule has 4 rings (SSSR count). The number of carbonyl (C=O) groups is 1. The Balaban J connectivity index is 2.02. The Bertz CT molecular complexity index is 1450. The number of allylic oxidation sites excluding steroid dienone is 1. The molecule has 0 spiro atoms. The zero-order valence-electron chi connectivity index (χ0n) is 18.8. The highest BCUT2D eigenvalue weighted by Gasteiger charge is 2.35. The fourth-order valence-electron chi connectivity index (χ4n) is 3.86. The Kier molecular flexibility index (Phi) is 7.00. The number of thiazole rings is 1. The van der Waals surface area contributed by atoms with Crippen LogP contribution in [-0.2, 0) is 9.53 Å². The van der Waals surface area contributed by atoms with E-state index in [0.717, 1.165) is 11.3 Å². The fourth-order valence-corrected chi connectivity index (χ4v) is 5.10. The highest BCUT2D eigenvalue weighted by Crippen LogP contribution is 2.35. The third kappa shape index (κ3) is 4.31. The molecular weight excluding hydrogens is 479 g/mol. The molecule has 176 valence electrons. The molecule has 0 aliphatic carbocycles. The number of ether oxygens (including phenoxy) is 2. The molecule has 0 unspecified atom stereocenters. The van der Waals surface area contributed by atoms with Crippen molar-refractivity contribution in [2.75, 3.05) is 13.2 Å². The minimum atomic E-state index is -0.823. The standard InChI is InChI=1S/C25H22ClFN2O4S/c1-4-32-19-12-7-6-9-15(19)22-21(24(31)33-5-2)14(3)28-25-29(22)23(30)20(34-25)13-16-17(26)10-8-11-18(16)27/h6-13,22H,4-5H2,1-3H3/b20-13-/t22-/m1/s1. The van der Waals surface area contributed by atoms with E-state index in [1.807, 2.05) is 19.1 Å². The Hall–Kier alpha value is -3.23. The lowest BCUT2D eigenvalue weighted by Gasteiger charge is -2.26. The van der Waals surface area contributed by atoms with Gasteiger partial charge in [-0.25, -0.2) is 14.2 Å². The first-order valence-corrected chi connectivity index (χ1v) is 11.9. The van der Waals surface area contributed by atoms with E-state index >= 15 is 0 Å². The molecule has 0 saturated heterocycles. The summed E-state index contributed by atoms with van der Waals surface area (Å²) in [6.45, 7) is 5.85. The third-order valence-electron chi connectivity index (χ3n) is 5.31. The largest absolute Gasteiger partial charge is 0.494 e. The van der Waals surface area contributed by atoms with Crippen molar-refractivity contribution >= 4 is 35.0 Å². The number of aromatic nitrogens is 1. The maximum Gasteiger partial charge on any atom is 0.338 e. The van der Waals surface area contributed by atoms with E-state index in [1.54, 1.807) is 32.0 Å². The van der Waals surface area contributed by atoms with Crippen molar-refractivity contribution in [1.82, 2.24) is 4.57 Å². The van der Waals surface area contributed by atoms with E-state index in [0.29, 0.717) is 28.4 Å². The van der Waals surface area contributed by atoms with Crippen LogP contribution >= 0.6 is 22.9 Å². The van der Waals surface area contributed by atoms with Crippen molar-refractivity contribution in [3.05, 3.63) is 95.4 Å². The second-order valence-electron chi connectivity index (χ2n) is 7.41. The van der Waals surface area contributed by atoms with Gasteiger partial charge in [0, 0.05) is 11.1 Å². The molecule has 9 heteroatoms.